The van der Waals surface area contributed by atoms with Gasteiger partial charge in [0.15, 0.2) is 0 Å². The second-order valence-corrected chi connectivity index (χ2v) is 23.9. The van der Waals surface area contributed by atoms with E-state index in [1.165, 1.54) is 33.4 Å². The molecule has 0 amide bonds. The molecule has 16 heteroatoms. The van der Waals surface area contributed by atoms with E-state index in [0.29, 0.717) is 11.7 Å². The van der Waals surface area contributed by atoms with Crippen LogP contribution in [0.2, 0.25) is 0 Å². The molecule has 4 heterocycles. The van der Waals surface area contributed by atoms with Gasteiger partial charge in [-0.25, -0.2) is 18.7 Å². The maximum atomic E-state index is 4.79. The van der Waals surface area contributed by atoms with Gasteiger partial charge in [-0.05, 0) is 121 Å². The van der Waals surface area contributed by atoms with Crippen LogP contribution >= 0.6 is 0 Å². The first-order chi connectivity index (χ1) is 48.1. The van der Waals surface area contributed by atoms with E-state index in [-0.39, 0.29) is 80.4 Å². The molecule has 0 spiro atoms. The van der Waals surface area contributed by atoms with Crippen molar-refractivity contribution in [3.8, 4) is 102 Å². The number of aromatic nitrogens is 12. The predicted octanol–water partition coefficient (Wildman–Crippen LogP) is 19.9. The zero-order chi connectivity index (χ0) is 67.6. The van der Waals surface area contributed by atoms with E-state index in [1.807, 2.05) is 165 Å². The first-order valence-corrected chi connectivity index (χ1v) is 33.3. The Morgan fingerprint density at radius 1 is 0.314 bits per heavy atom. The molecule has 102 heavy (non-hydrogen) atoms. The van der Waals surface area contributed by atoms with Gasteiger partial charge in [0.2, 0.25) is 0 Å². The maximum absolute atomic E-state index is 4.79. The normalized spacial score (nSPS) is 10.4. The minimum absolute atomic E-state index is 0. The van der Waals surface area contributed by atoms with Crippen molar-refractivity contribution in [2.24, 2.45) is 0 Å². The van der Waals surface area contributed by atoms with Gasteiger partial charge in [-0.2, -0.15) is 20.4 Å². The summed E-state index contributed by atoms with van der Waals surface area (Å²) in [6.45, 7) is 14.8. The van der Waals surface area contributed by atoms with Crippen LogP contribution in [-0.4, -0.2) is 59.1 Å². The summed E-state index contributed by atoms with van der Waals surface area (Å²) in [5.74, 6) is 6.95. The monoisotopic (exact) mass is 2050 g/mol. The van der Waals surface area contributed by atoms with E-state index in [2.05, 4.69) is 210 Å². The molecule has 0 atom stereocenters. The van der Waals surface area contributed by atoms with Crippen molar-refractivity contribution in [2.75, 3.05) is 0 Å². The summed E-state index contributed by atoms with van der Waals surface area (Å²) in [4.78, 5) is 18.9. The third-order valence-electron chi connectivity index (χ3n) is 16.3. The van der Waals surface area contributed by atoms with Gasteiger partial charge in [0.05, 0.1) is 46.0 Å². The van der Waals surface area contributed by atoms with Crippen LogP contribution in [0.3, 0.4) is 0 Å². The molecule has 11 aromatic carbocycles. The predicted molar refractivity (Wildman–Crippen MR) is 395 cm³/mol. The summed E-state index contributed by atoms with van der Waals surface area (Å²) >= 11 is 0. The molecule has 12 nitrogen and oxygen atoms in total. The second kappa shape index (κ2) is 38.6. The number of hydrogen-bond acceptors (Lipinski definition) is 8. The van der Waals surface area contributed by atoms with Gasteiger partial charge in [-0.15, -0.1) is 144 Å². The summed E-state index contributed by atoms with van der Waals surface area (Å²) in [6, 6.07) is 107. The molecule has 4 aromatic heterocycles. The van der Waals surface area contributed by atoms with E-state index in [1.54, 1.807) is 0 Å². The van der Waals surface area contributed by atoms with E-state index in [0.717, 1.165) is 123 Å². The Labute approximate surface area is 653 Å². The van der Waals surface area contributed by atoms with Crippen molar-refractivity contribution in [1.82, 2.24) is 59.1 Å². The van der Waals surface area contributed by atoms with Crippen molar-refractivity contribution in [2.45, 2.75) is 80.1 Å². The Kier molecular flexibility index (Phi) is 29.6. The van der Waals surface area contributed by atoms with Crippen LogP contribution in [0.25, 0.3) is 102 Å². The van der Waals surface area contributed by atoms with Crippen molar-refractivity contribution < 1.29 is 80.4 Å². The Morgan fingerprint density at radius 3 is 1.10 bits per heavy atom. The summed E-state index contributed by atoms with van der Waals surface area (Å²) in [7, 11) is 0. The fourth-order valence-corrected chi connectivity index (χ4v) is 11.3. The molecule has 0 saturated carbocycles. The van der Waals surface area contributed by atoms with Gasteiger partial charge in [-0.1, -0.05) is 167 Å². The topological polar surface area (TPSA) is 123 Å². The van der Waals surface area contributed by atoms with Crippen LogP contribution < -0.4 is 0 Å². The first-order valence-electron chi connectivity index (χ1n) is 33.3. The number of benzene rings is 11. The number of aryl methyl sites for hydroxylation is 5. The number of para-hydroxylation sites is 2. The summed E-state index contributed by atoms with van der Waals surface area (Å²) in [6.07, 6.45) is 3.86. The smallest absolute Gasteiger partial charge is 0.124 e. The minimum atomic E-state index is 0. The molecule has 0 aliphatic heterocycles. The Morgan fingerprint density at radius 2 is 0.667 bits per heavy atom. The van der Waals surface area contributed by atoms with Gasteiger partial charge in [0.25, 0.3) is 0 Å². The van der Waals surface area contributed by atoms with Gasteiger partial charge in [0.1, 0.15) is 23.3 Å². The van der Waals surface area contributed by atoms with Gasteiger partial charge in [-0.3, -0.25) is 19.9 Å². The largest absolute Gasteiger partial charge is 0.262 e. The van der Waals surface area contributed by atoms with Crippen molar-refractivity contribution in [3.05, 3.63) is 338 Å². The first kappa shape index (κ1) is 78.3. The number of hydrogen-bond donors (Lipinski definition) is 0. The fraction of sp³-hybridized carbons (Fsp3) is 0.140. The van der Waals surface area contributed by atoms with E-state index in [4.69, 9.17) is 35.3 Å². The fourth-order valence-electron chi connectivity index (χ4n) is 11.3. The zero-order valence-corrected chi connectivity index (χ0v) is 67.2. The molecule has 0 unspecified atom stereocenters. The van der Waals surface area contributed by atoms with Crippen molar-refractivity contribution in [1.29, 1.82) is 0 Å². The Hall–Kier alpha value is -9.42. The zero-order valence-electron chi connectivity index (χ0n) is 57.7. The molecule has 520 valence electrons. The molecule has 0 fully saturated rings. The van der Waals surface area contributed by atoms with Crippen LogP contribution in [0.1, 0.15) is 80.9 Å². The minimum Gasteiger partial charge on any atom is -0.262 e. The average Bonchev–Trinajstić information content (AvgIpc) is 1.27. The van der Waals surface area contributed by atoms with Crippen molar-refractivity contribution >= 4 is 0 Å². The summed E-state index contributed by atoms with van der Waals surface area (Å²) in [5, 5.41) is 19.0. The molecule has 0 aliphatic rings. The van der Waals surface area contributed by atoms with Gasteiger partial charge in [0, 0.05) is 99.2 Å². The number of nitrogens with zero attached hydrogens (tertiary/aromatic N) is 12. The molecule has 15 aromatic rings. The van der Waals surface area contributed by atoms with Gasteiger partial charge < -0.3 is 0 Å². The Balaban J connectivity index is 0.000000172. The molecule has 15 rings (SSSR count). The van der Waals surface area contributed by atoms with Crippen LogP contribution in [0.4, 0.5) is 0 Å². The molecule has 0 saturated heterocycles. The van der Waals surface area contributed by atoms with E-state index in [9.17, 15) is 0 Å². The number of rotatable bonds is 16. The average molecular weight is 2050 g/mol. The summed E-state index contributed by atoms with van der Waals surface area (Å²) in [5.41, 5.74) is 17.3. The van der Waals surface area contributed by atoms with Crippen LogP contribution in [0.5, 0.6) is 0 Å². The Bertz CT molecular complexity index is 4950. The SMILES string of the molecule is CCCc1nc(-c2[c-]cccc2)nn1-c1cccc(-c2ccccc2)c1.CCCc1nc(-c2[c-]cccc2)nn1-c1ccccc1C.Cc1ccccc1-n1nc(-c2[c-]cccc2)nc1C(C)C.Cc1nc(-c2[c-]cccc2)nn1-c1cc(-c2ccccc2)cc(-c2ccccc2)c1.[Ir].[Ir].[Ir].[Ir]. The molecular weight excluding hydrogens is 1970 g/mol. The second-order valence-electron chi connectivity index (χ2n) is 23.9. The molecule has 0 bridgehead atoms. The molecule has 4 radical (unpaired) electrons. The maximum Gasteiger partial charge on any atom is 0.124 e. The molecule has 0 N–H and O–H groups in total. The molecule has 0 aliphatic carbocycles. The van der Waals surface area contributed by atoms with Crippen molar-refractivity contribution in [3.63, 3.8) is 0 Å². The van der Waals surface area contributed by atoms with Crippen LogP contribution in [0.15, 0.2) is 279 Å². The van der Waals surface area contributed by atoms with E-state index < -0.39 is 0 Å². The molecular formula is C86H76Ir4N12-4. The quantitative estimate of drug-likeness (QED) is 0.0877. The van der Waals surface area contributed by atoms with E-state index >= 15 is 0 Å². The van der Waals surface area contributed by atoms with Crippen LogP contribution in [0, 0.1) is 45.0 Å². The summed E-state index contributed by atoms with van der Waals surface area (Å²) < 4.78 is 7.80. The standard InChI is InChI=1S/C27H20N3.C23H20N3.2C18H18N3.4Ir/c1-20-28-27(23-15-9-4-10-16-23)29-30(20)26-18-24(21-11-5-2-6-12-21)17-25(19-26)22-13-7-3-8-14-22;1-2-10-22-24-23(19-13-7-4-8-14-19)25-26(22)21-16-9-15-20(17-21)18-11-5-3-6-12-18;1-13(2)18-19-17(15-10-5-4-6-11-15)20-21(18)16-12-8-7-9-14(16)3;1-3-9-17-19-18(15-11-5-4-6-12-15)20-21(17)16-13-8-7-10-14(16)2;;;;/h2-15,17-19H,1H3;3-9,11-13,15-17H,2,10H2,1H3;4-10,12-13H,1-3H3;4-8,10-11,13H,3,9H2,1-2H3;;;;/q4*-1;;;;. The third-order valence-corrected chi connectivity index (χ3v) is 16.3. The van der Waals surface area contributed by atoms with Crippen LogP contribution in [-0.2, 0) is 93.3 Å². The third kappa shape index (κ3) is 19.6. The van der Waals surface area contributed by atoms with Gasteiger partial charge >= 0.3 is 0 Å².